The Balaban J connectivity index is 1.82. The first kappa shape index (κ1) is 11.6. The van der Waals surface area contributed by atoms with E-state index in [9.17, 15) is 9.90 Å². The number of amidine groups is 1. The molecule has 1 atom stereocenters. The lowest BCUT2D eigenvalue weighted by molar-refractivity contribution is 0.144. The monoisotopic (exact) mass is 273 g/mol. The summed E-state index contributed by atoms with van der Waals surface area (Å²) in [6.07, 6.45) is 2.28. The summed E-state index contributed by atoms with van der Waals surface area (Å²) in [6.45, 7) is 0.923. The molecule has 0 bridgehead atoms. The second-order valence-corrected chi connectivity index (χ2v) is 5.66. The van der Waals surface area contributed by atoms with Crippen molar-refractivity contribution in [1.29, 1.82) is 0 Å². The van der Waals surface area contributed by atoms with Crippen LogP contribution in [0.5, 0.6) is 11.5 Å². The Morgan fingerprint density at radius 2 is 2.30 bits per heavy atom. The van der Waals surface area contributed by atoms with Crippen molar-refractivity contribution in [2.45, 2.75) is 18.4 Å². The number of carbonyl (C=O) groups is 1. The van der Waals surface area contributed by atoms with Crippen LogP contribution in [0.3, 0.4) is 0 Å². The Morgan fingerprint density at radius 1 is 1.50 bits per heavy atom. The molecular formula is C14H15N3O3. The molecule has 1 aromatic rings. The maximum Gasteiger partial charge on any atom is 0.346 e. The summed E-state index contributed by atoms with van der Waals surface area (Å²) in [5.74, 6) is 1.53. The number of fused-ring (bicyclic) bond motifs is 2. The van der Waals surface area contributed by atoms with Gasteiger partial charge in [0.15, 0.2) is 5.54 Å². The van der Waals surface area contributed by atoms with Crippen molar-refractivity contribution in [3.63, 3.8) is 0 Å². The second kappa shape index (κ2) is 3.65. The zero-order valence-corrected chi connectivity index (χ0v) is 10.9. The van der Waals surface area contributed by atoms with Gasteiger partial charge in [-0.1, -0.05) is 0 Å². The van der Waals surface area contributed by atoms with Crippen molar-refractivity contribution in [3.05, 3.63) is 23.8 Å². The first-order valence-corrected chi connectivity index (χ1v) is 6.74. The molecule has 2 aliphatic heterocycles. The summed E-state index contributed by atoms with van der Waals surface area (Å²) in [6, 6.07) is 4.60. The van der Waals surface area contributed by atoms with Gasteiger partial charge in [0.25, 0.3) is 0 Å². The molecule has 20 heavy (non-hydrogen) atoms. The molecule has 1 unspecified atom stereocenters. The van der Waals surface area contributed by atoms with E-state index in [2.05, 4.69) is 4.99 Å². The average molecular weight is 273 g/mol. The van der Waals surface area contributed by atoms with Crippen LogP contribution in [0.4, 0.5) is 4.79 Å². The van der Waals surface area contributed by atoms with E-state index < -0.39 is 5.54 Å². The fourth-order valence-corrected chi connectivity index (χ4v) is 3.02. The van der Waals surface area contributed by atoms with Crippen LogP contribution in [0, 0.1) is 5.92 Å². The molecule has 3 aliphatic rings. The molecule has 6 heteroatoms. The fourth-order valence-electron chi connectivity index (χ4n) is 3.02. The maximum atomic E-state index is 12.1. The SMILES string of the molecule is NC1=NC(=O)N(CC2CC2)C12COc1cc(O)ccc12. The van der Waals surface area contributed by atoms with Crippen LogP contribution < -0.4 is 10.5 Å². The molecule has 4 rings (SSSR count). The van der Waals surface area contributed by atoms with E-state index in [1.165, 1.54) is 0 Å². The summed E-state index contributed by atoms with van der Waals surface area (Å²) in [5.41, 5.74) is 6.07. The minimum absolute atomic E-state index is 0.134. The summed E-state index contributed by atoms with van der Waals surface area (Å²) in [4.78, 5) is 17.8. The van der Waals surface area contributed by atoms with Crippen LogP contribution in [0.2, 0.25) is 0 Å². The first-order chi connectivity index (χ1) is 9.61. The lowest BCUT2D eigenvalue weighted by Gasteiger charge is -2.33. The van der Waals surface area contributed by atoms with Crippen molar-refractivity contribution in [2.24, 2.45) is 16.6 Å². The number of aromatic hydroxyl groups is 1. The molecule has 2 heterocycles. The zero-order valence-electron chi connectivity index (χ0n) is 10.9. The molecule has 1 saturated carbocycles. The number of rotatable bonds is 2. The third-order valence-electron chi connectivity index (χ3n) is 4.32. The normalized spacial score (nSPS) is 27.7. The van der Waals surface area contributed by atoms with Gasteiger partial charge in [-0.05, 0) is 30.9 Å². The van der Waals surface area contributed by atoms with E-state index in [4.69, 9.17) is 10.5 Å². The van der Waals surface area contributed by atoms with E-state index >= 15 is 0 Å². The number of nitrogens with zero attached hydrogens (tertiary/aromatic N) is 2. The Morgan fingerprint density at radius 3 is 3.05 bits per heavy atom. The molecular weight excluding hydrogens is 258 g/mol. The van der Waals surface area contributed by atoms with Gasteiger partial charge in [-0.3, -0.25) is 0 Å². The van der Waals surface area contributed by atoms with Crippen LogP contribution in [0.15, 0.2) is 23.2 Å². The minimum atomic E-state index is -0.789. The van der Waals surface area contributed by atoms with Crippen LogP contribution >= 0.6 is 0 Å². The number of aliphatic imine (C=N–C) groups is 1. The van der Waals surface area contributed by atoms with E-state index in [0.29, 0.717) is 18.2 Å². The average Bonchev–Trinajstić information content (AvgIpc) is 3.11. The van der Waals surface area contributed by atoms with Crippen molar-refractivity contribution in [3.8, 4) is 11.5 Å². The largest absolute Gasteiger partial charge is 0.508 e. The molecule has 0 radical (unpaired) electrons. The Bertz CT molecular complexity index is 639. The lowest BCUT2D eigenvalue weighted by atomic mass is 9.89. The van der Waals surface area contributed by atoms with Gasteiger partial charge in [0.1, 0.15) is 23.9 Å². The van der Waals surface area contributed by atoms with Gasteiger partial charge in [-0.15, -0.1) is 0 Å². The quantitative estimate of drug-likeness (QED) is 0.847. The highest BCUT2D eigenvalue weighted by atomic mass is 16.5. The lowest BCUT2D eigenvalue weighted by Crippen LogP contribution is -2.53. The van der Waals surface area contributed by atoms with E-state index in [1.54, 1.807) is 23.1 Å². The standard InChI is InChI=1S/C14H15N3O3/c15-12-14(17(13(19)16-12)6-8-1-2-8)7-20-11-5-9(18)3-4-10(11)14/h3-5,8,18H,1-2,6-7H2,(H2,15,16,19). The molecule has 1 aromatic carbocycles. The number of phenolic OH excluding ortho intramolecular Hbond substituents is 1. The van der Waals surface area contributed by atoms with Crippen molar-refractivity contribution in [1.82, 2.24) is 4.90 Å². The van der Waals surface area contributed by atoms with Crippen molar-refractivity contribution in [2.75, 3.05) is 13.2 Å². The number of hydrogen-bond acceptors (Lipinski definition) is 4. The predicted molar refractivity (Wildman–Crippen MR) is 71.7 cm³/mol. The number of nitrogens with two attached hydrogens (primary N) is 1. The van der Waals surface area contributed by atoms with Crippen LogP contribution in [-0.2, 0) is 5.54 Å². The molecule has 2 amide bonds. The number of urea groups is 1. The molecule has 0 aromatic heterocycles. The van der Waals surface area contributed by atoms with Crippen molar-refractivity contribution >= 4 is 11.9 Å². The van der Waals surface area contributed by atoms with Crippen LogP contribution in [-0.4, -0.2) is 35.0 Å². The van der Waals surface area contributed by atoms with Crippen LogP contribution in [0.1, 0.15) is 18.4 Å². The number of benzene rings is 1. The Kier molecular flexibility index (Phi) is 2.11. The number of ether oxygens (including phenoxy) is 1. The Labute approximate surface area is 115 Å². The molecule has 1 aliphatic carbocycles. The number of phenols is 1. The van der Waals surface area contributed by atoms with Gasteiger partial charge < -0.3 is 20.5 Å². The van der Waals surface area contributed by atoms with E-state index in [1.807, 2.05) is 0 Å². The smallest absolute Gasteiger partial charge is 0.346 e. The Hall–Kier alpha value is -2.24. The molecule has 1 spiro atoms. The third-order valence-corrected chi connectivity index (χ3v) is 4.32. The van der Waals surface area contributed by atoms with Gasteiger partial charge in [0.05, 0.1) is 0 Å². The predicted octanol–water partition coefficient (Wildman–Crippen LogP) is 1.18. The van der Waals surface area contributed by atoms with Gasteiger partial charge >= 0.3 is 6.03 Å². The van der Waals surface area contributed by atoms with Gasteiger partial charge in [0.2, 0.25) is 0 Å². The summed E-state index contributed by atoms with van der Waals surface area (Å²) < 4.78 is 5.65. The van der Waals surface area contributed by atoms with Gasteiger partial charge in [-0.2, -0.15) is 4.99 Å². The third kappa shape index (κ3) is 1.39. The fraction of sp³-hybridized carbons (Fsp3) is 0.429. The summed E-state index contributed by atoms with van der Waals surface area (Å²) >= 11 is 0. The number of amides is 2. The highest BCUT2D eigenvalue weighted by Gasteiger charge is 2.56. The summed E-state index contributed by atoms with van der Waals surface area (Å²) in [5, 5.41) is 9.54. The molecule has 0 saturated heterocycles. The van der Waals surface area contributed by atoms with Gasteiger partial charge in [0, 0.05) is 18.2 Å². The molecule has 3 N–H and O–H groups in total. The van der Waals surface area contributed by atoms with E-state index in [0.717, 1.165) is 18.4 Å². The summed E-state index contributed by atoms with van der Waals surface area (Å²) in [7, 11) is 0. The molecule has 6 nitrogen and oxygen atoms in total. The van der Waals surface area contributed by atoms with E-state index in [-0.39, 0.29) is 24.2 Å². The van der Waals surface area contributed by atoms with Crippen molar-refractivity contribution < 1.29 is 14.6 Å². The van der Waals surface area contributed by atoms with Crippen LogP contribution in [0.25, 0.3) is 0 Å². The number of carbonyl (C=O) groups excluding carboxylic acids is 1. The first-order valence-electron chi connectivity index (χ1n) is 6.74. The second-order valence-electron chi connectivity index (χ2n) is 5.66. The zero-order chi connectivity index (χ0) is 13.9. The maximum absolute atomic E-state index is 12.1. The topological polar surface area (TPSA) is 88.2 Å². The molecule has 1 fully saturated rings. The van der Waals surface area contributed by atoms with Gasteiger partial charge in [-0.25, -0.2) is 4.79 Å². The minimum Gasteiger partial charge on any atom is -0.508 e. The highest BCUT2D eigenvalue weighted by molar-refractivity contribution is 6.07. The molecule has 104 valence electrons. The highest BCUT2D eigenvalue weighted by Crippen LogP contribution is 2.47. The number of hydrogen-bond donors (Lipinski definition) is 2.